The minimum Gasteiger partial charge on any atom is -0.393 e. The van der Waals surface area contributed by atoms with Gasteiger partial charge in [0.2, 0.25) is 0 Å². The van der Waals surface area contributed by atoms with E-state index >= 15 is 0 Å². The monoisotopic (exact) mass is 286 g/mol. The van der Waals surface area contributed by atoms with Gasteiger partial charge in [0.05, 0.1) is 6.10 Å². The third-order valence-electron chi connectivity index (χ3n) is 7.22. The Bertz CT molecular complexity index is 532. The van der Waals surface area contributed by atoms with Crippen LogP contribution in [0.15, 0.2) is 23.8 Å². The topological polar surface area (TPSA) is 37.3 Å². The Morgan fingerprint density at radius 3 is 2.86 bits per heavy atom. The SMILES string of the molecule is C=C1CC(=O)C=C2CC[C@@H]3[C@H](CC[C@]4(C)[C@@H](O)CC[C@@H]34)[C@@H]12. The van der Waals surface area contributed by atoms with E-state index in [1.54, 1.807) is 0 Å². The molecule has 21 heavy (non-hydrogen) atoms. The van der Waals surface area contributed by atoms with E-state index < -0.39 is 0 Å². The Balaban J connectivity index is 1.67. The van der Waals surface area contributed by atoms with Crippen LogP contribution in [0.2, 0.25) is 0 Å². The predicted octanol–water partition coefficient (Wildman–Crippen LogP) is 3.66. The summed E-state index contributed by atoms with van der Waals surface area (Å²) < 4.78 is 0. The van der Waals surface area contributed by atoms with Gasteiger partial charge in [-0.25, -0.2) is 0 Å². The van der Waals surface area contributed by atoms with Crippen LogP contribution in [0.25, 0.3) is 0 Å². The number of fused-ring (bicyclic) bond motifs is 5. The zero-order valence-corrected chi connectivity index (χ0v) is 13.0. The molecule has 0 aliphatic heterocycles. The third kappa shape index (κ3) is 1.84. The number of hydrogen-bond acceptors (Lipinski definition) is 2. The van der Waals surface area contributed by atoms with Gasteiger partial charge in [0.15, 0.2) is 5.78 Å². The standard InChI is InChI=1S/C19H26O2/c1-11-9-13(20)10-12-3-4-14-15(18(11)12)7-8-19(2)16(14)5-6-17(19)21/h10,14-18,21H,1,3-9H2,2H3/t14-,15+,16+,17+,18+,19+/m1/s1. The number of aliphatic hydroxyl groups excluding tert-OH is 1. The molecule has 6 atom stereocenters. The van der Waals surface area contributed by atoms with Crippen LogP contribution < -0.4 is 0 Å². The van der Waals surface area contributed by atoms with Crippen molar-refractivity contribution in [3.05, 3.63) is 23.8 Å². The predicted molar refractivity (Wildman–Crippen MR) is 82.6 cm³/mol. The summed E-state index contributed by atoms with van der Waals surface area (Å²) in [6, 6.07) is 0. The lowest BCUT2D eigenvalue weighted by atomic mass is 9.51. The molecule has 2 heteroatoms. The second-order valence-corrected chi connectivity index (χ2v) is 8.11. The Kier molecular flexibility index (Phi) is 2.98. The quantitative estimate of drug-likeness (QED) is 0.690. The first kappa shape index (κ1) is 13.8. The normalized spacial score (nSPS) is 49.2. The fraction of sp³-hybridized carbons (Fsp3) is 0.737. The van der Waals surface area contributed by atoms with E-state index in [0.29, 0.717) is 24.2 Å². The molecule has 0 unspecified atom stereocenters. The molecule has 4 aliphatic carbocycles. The Morgan fingerprint density at radius 2 is 2.05 bits per heavy atom. The molecule has 1 N–H and O–H groups in total. The second-order valence-electron chi connectivity index (χ2n) is 8.11. The van der Waals surface area contributed by atoms with Gasteiger partial charge in [-0.3, -0.25) is 4.79 Å². The number of rotatable bonds is 0. The summed E-state index contributed by atoms with van der Waals surface area (Å²) in [5.41, 5.74) is 2.67. The van der Waals surface area contributed by atoms with Crippen molar-refractivity contribution in [3.63, 3.8) is 0 Å². The maximum absolute atomic E-state index is 11.8. The number of allylic oxidation sites excluding steroid dienone is 2. The Morgan fingerprint density at radius 1 is 1.24 bits per heavy atom. The van der Waals surface area contributed by atoms with Crippen LogP contribution in [0.3, 0.4) is 0 Å². The second kappa shape index (κ2) is 4.55. The number of aliphatic hydroxyl groups is 1. The zero-order chi connectivity index (χ0) is 14.8. The lowest BCUT2D eigenvalue weighted by molar-refractivity contribution is -0.114. The molecule has 0 aromatic rings. The lowest BCUT2D eigenvalue weighted by Crippen LogP contribution is -2.47. The summed E-state index contributed by atoms with van der Waals surface area (Å²) >= 11 is 0. The van der Waals surface area contributed by atoms with E-state index in [4.69, 9.17) is 0 Å². The summed E-state index contributed by atoms with van der Waals surface area (Å²) in [5.74, 6) is 2.80. The maximum atomic E-state index is 11.8. The van der Waals surface area contributed by atoms with Gasteiger partial charge in [-0.15, -0.1) is 0 Å². The van der Waals surface area contributed by atoms with Crippen LogP contribution in [0.5, 0.6) is 0 Å². The molecule has 3 fully saturated rings. The molecule has 0 saturated heterocycles. The van der Waals surface area contributed by atoms with E-state index in [9.17, 15) is 9.90 Å². The summed E-state index contributed by atoms with van der Waals surface area (Å²) in [6.45, 7) is 6.56. The molecule has 114 valence electrons. The van der Waals surface area contributed by atoms with Crippen molar-refractivity contribution in [2.45, 2.75) is 58.0 Å². The molecule has 4 rings (SSSR count). The van der Waals surface area contributed by atoms with Crippen molar-refractivity contribution in [1.82, 2.24) is 0 Å². The summed E-state index contributed by atoms with van der Waals surface area (Å²) in [4.78, 5) is 11.8. The molecule has 0 heterocycles. The first-order valence-electron chi connectivity index (χ1n) is 8.60. The van der Waals surface area contributed by atoms with Crippen LogP contribution in [-0.2, 0) is 4.79 Å². The van der Waals surface area contributed by atoms with Crippen LogP contribution in [-0.4, -0.2) is 17.0 Å². The lowest BCUT2D eigenvalue weighted by Gasteiger charge is -2.53. The first-order valence-corrected chi connectivity index (χ1v) is 8.60. The van der Waals surface area contributed by atoms with Crippen LogP contribution in [0, 0.1) is 29.1 Å². The molecule has 2 nitrogen and oxygen atoms in total. The molecular formula is C19H26O2. The fourth-order valence-electron chi connectivity index (χ4n) is 6.20. The molecule has 3 saturated carbocycles. The molecule has 0 aromatic heterocycles. The number of carbonyl (C=O) groups excluding carboxylic acids is 1. The van der Waals surface area contributed by atoms with Crippen LogP contribution >= 0.6 is 0 Å². The zero-order valence-electron chi connectivity index (χ0n) is 13.0. The summed E-state index contributed by atoms with van der Waals surface area (Å²) in [7, 11) is 0. The Hall–Kier alpha value is -0.890. The highest BCUT2D eigenvalue weighted by atomic mass is 16.3. The average Bonchev–Trinajstić information content (AvgIpc) is 2.74. The van der Waals surface area contributed by atoms with E-state index in [1.807, 2.05) is 6.08 Å². The van der Waals surface area contributed by atoms with Crippen molar-refractivity contribution in [2.24, 2.45) is 29.1 Å². The first-order chi connectivity index (χ1) is 10.0. The van der Waals surface area contributed by atoms with Crippen molar-refractivity contribution in [3.8, 4) is 0 Å². The van der Waals surface area contributed by atoms with Gasteiger partial charge < -0.3 is 5.11 Å². The van der Waals surface area contributed by atoms with Gasteiger partial charge in [-0.2, -0.15) is 0 Å². The van der Waals surface area contributed by atoms with E-state index in [1.165, 1.54) is 24.8 Å². The van der Waals surface area contributed by atoms with Crippen LogP contribution in [0.1, 0.15) is 51.9 Å². The minimum absolute atomic E-state index is 0.100. The van der Waals surface area contributed by atoms with E-state index in [-0.39, 0.29) is 17.3 Å². The van der Waals surface area contributed by atoms with Gasteiger partial charge in [0, 0.05) is 12.3 Å². The molecule has 0 amide bonds. The largest absolute Gasteiger partial charge is 0.393 e. The number of hydrogen-bond donors (Lipinski definition) is 1. The smallest absolute Gasteiger partial charge is 0.159 e. The van der Waals surface area contributed by atoms with Crippen molar-refractivity contribution in [1.29, 1.82) is 0 Å². The van der Waals surface area contributed by atoms with Crippen molar-refractivity contribution >= 4 is 5.78 Å². The van der Waals surface area contributed by atoms with Crippen molar-refractivity contribution < 1.29 is 9.90 Å². The molecule has 0 radical (unpaired) electrons. The van der Waals surface area contributed by atoms with Gasteiger partial charge in [-0.1, -0.05) is 24.6 Å². The van der Waals surface area contributed by atoms with Gasteiger partial charge >= 0.3 is 0 Å². The highest BCUT2D eigenvalue weighted by molar-refractivity contribution is 5.93. The maximum Gasteiger partial charge on any atom is 0.159 e. The van der Waals surface area contributed by atoms with Gasteiger partial charge in [-0.05, 0) is 67.8 Å². The fourth-order valence-corrected chi connectivity index (χ4v) is 6.20. The summed E-state index contributed by atoms with van der Waals surface area (Å²) in [5, 5.41) is 10.4. The molecule has 0 spiro atoms. The molecular weight excluding hydrogens is 260 g/mol. The van der Waals surface area contributed by atoms with E-state index in [0.717, 1.165) is 30.8 Å². The highest BCUT2D eigenvalue weighted by Gasteiger charge is 2.56. The van der Waals surface area contributed by atoms with E-state index in [2.05, 4.69) is 13.5 Å². The van der Waals surface area contributed by atoms with Crippen LogP contribution in [0.4, 0.5) is 0 Å². The average molecular weight is 286 g/mol. The van der Waals surface area contributed by atoms with Crippen molar-refractivity contribution in [2.75, 3.05) is 0 Å². The number of ketones is 1. The molecule has 4 aliphatic rings. The van der Waals surface area contributed by atoms with Gasteiger partial charge in [0.1, 0.15) is 0 Å². The minimum atomic E-state index is -0.100. The van der Waals surface area contributed by atoms with Gasteiger partial charge in [0.25, 0.3) is 0 Å². The number of carbonyl (C=O) groups is 1. The summed E-state index contributed by atoms with van der Waals surface area (Å²) in [6.07, 6.45) is 9.17. The molecule has 0 bridgehead atoms. The highest BCUT2D eigenvalue weighted by Crippen LogP contribution is 2.62. The third-order valence-corrected chi connectivity index (χ3v) is 7.22. The molecule has 0 aromatic carbocycles. The Labute approximate surface area is 127 Å².